The number of nitrogens with two attached hydrogens (primary N) is 1. The molecule has 100 valence electrons. The van der Waals surface area contributed by atoms with Gasteiger partial charge in [0, 0.05) is 19.2 Å². The summed E-state index contributed by atoms with van der Waals surface area (Å²) in [5, 5.41) is 9.67. The molecular weight excluding hydrogens is 228 g/mol. The fraction of sp³-hybridized carbons (Fsp3) is 0.500. The van der Waals surface area contributed by atoms with Gasteiger partial charge in [-0.15, -0.1) is 0 Å². The predicted molar refractivity (Wildman–Crippen MR) is 72.0 cm³/mol. The Morgan fingerprint density at radius 3 is 2.61 bits per heavy atom. The summed E-state index contributed by atoms with van der Waals surface area (Å²) in [6, 6.07) is 6.52. The van der Waals surface area contributed by atoms with Crippen molar-refractivity contribution in [3.8, 4) is 5.75 Å². The van der Waals surface area contributed by atoms with Crippen molar-refractivity contribution in [3.05, 3.63) is 29.8 Å². The van der Waals surface area contributed by atoms with E-state index >= 15 is 0 Å². The Morgan fingerprint density at radius 1 is 1.44 bits per heavy atom. The van der Waals surface area contributed by atoms with Gasteiger partial charge < -0.3 is 15.7 Å². The summed E-state index contributed by atoms with van der Waals surface area (Å²) in [4.78, 5) is 13.6. The largest absolute Gasteiger partial charge is 0.508 e. The standard InChI is InChI=1S/C14H22N2O2/c1-4-10(2)13(15)14(18)16(3)9-11-7-5-6-8-12(11)17/h5-8,10,13,17H,4,9,15H2,1-3H3. The summed E-state index contributed by atoms with van der Waals surface area (Å²) in [6.07, 6.45) is 0.872. The van der Waals surface area contributed by atoms with Crippen molar-refractivity contribution in [1.82, 2.24) is 4.90 Å². The van der Waals surface area contributed by atoms with Crippen molar-refractivity contribution in [1.29, 1.82) is 0 Å². The smallest absolute Gasteiger partial charge is 0.239 e. The number of aromatic hydroxyl groups is 1. The van der Waals surface area contributed by atoms with Gasteiger partial charge in [-0.3, -0.25) is 4.79 Å². The number of phenolic OH excluding ortho intramolecular Hbond substituents is 1. The molecule has 0 bridgehead atoms. The first-order valence-electron chi connectivity index (χ1n) is 6.24. The normalized spacial score (nSPS) is 14.0. The van der Waals surface area contributed by atoms with Gasteiger partial charge in [-0.05, 0) is 12.0 Å². The average Bonchev–Trinajstić information content (AvgIpc) is 2.38. The first kappa shape index (κ1) is 14.5. The van der Waals surface area contributed by atoms with E-state index in [9.17, 15) is 9.90 Å². The molecule has 0 aromatic heterocycles. The zero-order chi connectivity index (χ0) is 13.7. The topological polar surface area (TPSA) is 66.6 Å². The fourth-order valence-corrected chi connectivity index (χ4v) is 1.73. The number of phenols is 1. The summed E-state index contributed by atoms with van der Waals surface area (Å²) < 4.78 is 0. The Balaban J connectivity index is 2.68. The Hall–Kier alpha value is -1.55. The fourth-order valence-electron chi connectivity index (χ4n) is 1.73. The zero-order valence-corrected chi connectivity index (χ0v) is 11.3. The maximum absolute atomic E-state index is 12.1. The van der Waals surface area contributed by atoms with Crippen LogP contribution in [0.25, 0.3) is 0 Å². The van der Waals surface area contributed by atoms with Crippen LogP contribution in [0.15, 0.2) is 24.3 Å². The van der Waals surface area contributed by atoms with Gasteiger partial charge in [-0.1, -0.05) is 38.5 Å². The highest BCUT2D eigenvalue weighted by atomic mass is 16.3. The van der Waals surface area contributed by atoms with E-state index in [1.165, 1.54) is 0 Å². The van der Waals surface area contributed by atoms with Crippen LogP contribution in [0.4, 0.5) is 0 Å². The average molecular weight is 250 g/mol. The third kappa shape index (κ3) is 3.47. The van der Waals surface area contributed by atoms with E-state index in [-0.39, 0.29) is 17.6 Å². The number of amides is 1. The second kappa shape index (κ2) is 6.40. The van der Waals surface area contributed by atoms with Gasteiger partial charge in [0.15, 0.2) is 0 Å². The third-order valence-electron chi connectivity index (χ3n) is 3.32. The Labute approximate surface area is 108 Å². The van der Waals surface area contributed by atoms with Gasteiger partial charge in [0.25, 0.3) is 0 Å². The monoisotopic (exact) mass is 250 g/mol. The molecule has 1 rings (SSSR count). The van der Waals surface area contributed by atoms with Crippen molar-refractivity contribution in [2.45, 2.75) is 32.9 Å². The lowest BCUT2D eigenvalue weighted by Crippen LogP contribution is -2.45. The first-order chi connectivity index (χ1) is 8.47. The summed E-state index contributed by atoms with van der Waals surface area (Å²) >= 11 is 0. The highest BCUT2D eigenvalue weighted by molar-refractivity contribution is 5.81. The first-order valence-corrected chi connectivity index (χ1v) is 6.24. The van der Waals surface area contributed by atoms with E-state index in [2.05, 4.69) is 0 Å². The molecule has 18 heavy (non-hydrogen) atoms. The van der Waals surface area contributed by atoms with Crippen molar-refractivity contribution in [2.24, 2.45) is 11.7 Å². The number of likely N-dealkylation sites (N-methyl/N-ethyl adjacent to an activating group) is 1. The van der Waals surface area contributed by atoms with Crippen LogP contribution in [0.2, 0.25) is 0 Å². The lowest BCUT2D eigenvalue weighted by molar-refractivity contribution is -0.132. The van der Waals surface area contributed by atoms with Crippen molar-refractivity contribution >= 4 is 5.91 Å². The van der Waals surface area contributed by atoms with Crippen LogP contribution in [0.3, 0.4) is 0 Å². The van der Waals surface area contributed by atoms with Crippen LogP contribution < -0.4 is 5.73 Å². The van der Waals surface area contributed by atoms with Crippen LogP contribution in [0.5, 0.6) is 5.75 Å². The minimum atomic E-state index is -0.481. The molecule has 0 fully saturated rings. The lowest BCUT2D eigenvalue weighted by Gasteiger charge is -2.24. The number of nitrogens with zero attached hydrogens (tertiary/aromatic N) is 1. The van der Waals surface area contributed by atoms with Crippen LogP contribution in [-0.2, 0) is 11.3 Å². The molecule has 2 atom stereocenters. The molecule has 3 N–H and O–H groups in total. The highest BCUT2D eigenvalue weighted by Crippen LogP contribution is 2.18. The summed E-state index contributed by atoms with van der Waals surface area (Å²) in [7, 11) is 1.71. The molecule has 0 aliphatic rings. The van der Waals surface area contributed by atoms with Gasteiger partial charge in [-0.2, -0.15) is 0 Å². The molecule has 4 heteroatoms. The van der Waals surface area contributed by atoms with Gasteiger partial charge in [0.05, 0.1) is 6.04 Å². The van der Waals surface area contributed by atoms with Gasteiger partial charge in [0.2, 0.25) is 5.91 Å². The number of benzene rings is 1. The van der Waals surface area contributed by atoms with E-state index in [1.54, 1.807) is 30.1 Å². The number of carbonyl (C=O) groups excluding carboxylic acids is 1. The molecule has 0 aliphatic heterocycles. The summed E-state index contributed by atoms with van der Waals surface area (Å²) in [5.41, 5.74) is 6.64. The summed E-state index contributed by atoms with van der Waals surface area (Å²) in [6.45, 7) is 4.35. The summed E-state index contributed by atoms with van der Waals surface area (Å²) in [5.74, 6) is 0.270. The van der Waals surface area contributed by atoms with Crippen molar-refractivity contribution in [2.75, 3.05) is 7.05 Å². The number of para-hydroxylation sites is 1. The van der Waals surface area contributed by atoms with E-state index in [1.807, 2.05) is 19.9 Å². The number of hydrogen-bond donors (Lipinski definition) is 2. The van der Waals surface area contributed by atoms with Crippen LogP contribution >= 0.6 is 0 Å². The molecular formula is C14H22N2O2. The number of carbonyl (C=O) groups is 1. The van der Waals surface area contributed by atoms with Gasteiger partial charge >= 0.3 is 0 Å². The molecule has 0 heterocycles. The quantitative estimate of drug-likeness (QED) is 0.836. The highest BCUT2D eigenvalue weighted by Gasteiger charge is 2.23. The minimum absolute atomic E-state index is 0.0902. The second-order valence-corrected chi connectivity index (χ2v) is 4.73. The number of hydrogen-bond acceptors (Lipinski definition) is 3. The van der Waals surface area contributed by atoms with E-state index in [0.29, 0.717) is 6.54 Å². The van der Waals surface area contributed by atoms with Crippen molar-refractivity contribution < 1.29 is 9.90 Å². The maximum atomic E-state index is 12.1. The second-order valence-electron chi connectivity index (χ2n) is 4.73. The molecule has 0 spiro atoms. The lowest BCUT2D eigenvalue weighted by atomic mass is 9.99. The van der Waals surface area contributed by atoms with Gasteiger partial charge in [0.1, 0.15) is 5.75 Å². The number of rotatable bonds is 5. The van der Waals surface area contributed by atoms with Crippen molar-refractivity contribution in [3.63, 3.8) is 0 Å². The third-order valence-corrected chi connectivity index (χ3v) is 3.32. The molecule has 2 unspecified atom stereocenters. The van der Waals surface area contributed by atoms with E-state index < -0.39 is 6.04 Å². The molecule has 1 aromatic carbocycles. The molecule has 0 saturated carbocycles. The van der Waals surface area contributed by atoms with Crippen LogP contribution in [0, 0.1) is 5.92 Å². The molecule has 1 amide bonds. The molecule has 4 nitrogen and oxygen atoms in total. The molecule has 0 saturated heterocycles. The SMILES string of the molecule is CCC(C)C(N)C(=O)N(C)Cc1ccccc1O. The molecule has 0 aliphatic carbocycles. The van der Waals surface area contributed by atoms with Crippen LogP contribution in [0.1, 0.15) is 25.8 Å². The maximum Gasteiger partial charge on any atom is 0.239 e. The Kier molecular flexibility index (Phi) is 5.16. The minimum Gasteiger partial charge on any atom is -0.508 e. The van der Waals surface area contributed by atoms with Crippen LogP contribution in [-0.4, -0.2) is 29.0 Å². The molecule has 1 aromatic rings. The van der Waals surface area contributed by atoms with Gasteiger partial charge in [-0.25, -0.2) is 0 Å². The zero-order valence-electron chi connectivity index (χ0n) is 11.3. The Morgan fingerprint density at radius 2 is 2.06 bits per heavy atom. The Bertz CT molecular complexity index is 407. The molecule has 0 radical (unpaired) electrons. The predicted octanol–water partition coefficient (Wildman–Crippen LogP) is 1.72. The van der Waals surface area contributed by atoms with E-state index in [4.69, 9.17) is 5.73 Å². The van der Waals surface area contributed by atoms with E-state index in [0.717, 1.165) is 12.0 Å².